The second kappa shape index (κ2) is 12.0. The lowest BCUT2D eigenvalue weighted by atomic mass is 9.77. The second-order valence-corrected chi connectivity index (χ2v) is 12.4. The van der Waals surface area contributed by atoms with E-state index in [1.54, 1.807) is 18.2 Å². The van der Waals surface area contributed by atoms with Crippen LogP contribution in [0.5, 0.6) is 11.5 Å². The van der Waals surface area contributed by atoms with Gasteiger partial charge in [0.05, 0.1) is 17.3 Å². The number of hydrogen-bond acceptors (Lipinski definition) is 6. The smallest absolute Gasteiger partial charge is 0.252 e. The third-order valence-corrected chi connectivity index (χ3v) is 9.07. The number of amides is 1. The Hall–Kier alpha value is -3.24. The maximum absolute atomic E-state index is 16.3. The quantitative estimate of drug-likeness (QED) is 0.226. The molecule has 3 atom stereocenters. The van der Waals surface area contributed by atoms with Gasteiger partial charge in [0.2, 0.25) is 0 Å². The zero-order chi connectivity index (χ0) is 31.1. The number of carbonyl (C=O) groups excluding carboxylic acids is 1. The summed E-state index contributed by atoms with van der Waals surface area (Å²) < 4.78 is 44.0. The molecule has 0 bridgehead atoms. The standard InChI is InChI=1S/C33H37ClF2N2O5/c1-18(39)16-42-30-27(34)28(35)26(31(37)40)25(29(30)36)22-10-7-11-23-24(22)19(2)33(43-23,20-8-5-4-6-9-20)17-38-21-12-14-32(3,41)15-13-21/h4-11,18-19,21,38-39,41H,12-17H2,1-3H3,(H2,37,40)/t18-,19-,21?,32?,33?/m0/s1. The van der Waals surface area contributed by atoms with Crippen LogP contribution >= 0.6 is 11.6 Å². The van der Waals surface area contributed by atoms with E-state index in [0.29, 0.717) is 30.7 Å². The fraction of sp³-hybridized carbons (Fsp3) is 0.424. The summed E-state index contributed by atoms with van der Waals surface area (Å²) in [5.74, 6) is -4.03. The number of aliphatic hydroxyl groups excluding tert-OH is 1. The van der Waals surface area contributed by atoms with Crippen molar-refractivity contribution in [1.29, 1.82) is 0 Å². The highest BCUT2D eigenvalue weighted by Crippen LogP contribution is 2.55. The van der Waals surface area contributed by atoms with Crippen molar-refractivity contribution in [2.45, 2.75) is 75.7 Å². The molecule has 1 saturated carbocycles. The summed E-state index contributed by atoms with van der Waals surface area (Å²) in [5.41, 5.74) is 4.59. The summed E-state index contributed by atoms with van der Waals surface area (Å²) in [7, 11) is 0. The number of hydrogen-bond donors (Lipinski definition) is 4. The van der Waals surface area contributed by atoms with Gasteiger partial charge in [-0.15, -0.1) is 0 Å². The summed E-state index contributed by atoms with van der Waals surface area (Å²) in [6.07, 6.45) is 1.98. The van der Waals surface area contributed by atoms with Crippen molar-refractivity contribution in [3.8, 4) is 22.6 Å². The lowest BCUT2D eigenvalue weighted by Gasteiger charge is -2.38. The zero-order valence-electron chi connectivity index (χ0n) is 24.4. The molecular weight excluding hydrogens is 578 g/mol. The number of primary amides is 1. The highest BCUT2D eigenvalue weighted by atomic mass is 35.5. The maximum atomic E-state index is 16.3. The minimum Gasteiger partial charge on any atom is -0.486 e. The molecule has 5 N–H and O–H groups in total. The van der Waals surface area contributed by atoms with E-state index in [1.165, 1.54) is 6.92 Å². The molecule has 3 aromatic rings. The highest BCUT2D eigenvalue weighted by Gasteiger charge is 2.49. The Bertz CT molecular complexity index is 1510. The Morgan fingerprint density at radius 1 is 1.16 bits per heavy atom. The van der Waals surface area contributed by atoms with Crippen molar-refractivity contribution < 1.29 is 33.3 Å². The lowest BCUT2D eigenvalue weighted by Crippen LogP contribution is -2.49. The minimum atomic E-state index is -1.21. The first-order valence-corrected chi connectivity index (χ1v) is 14.9. The molecular formula is C33H37ClF2N2O5. The van der Waals surface area contributed by atoms with Crippen LogP contribution in [0, 0.1) is 11.6 Å². The lowest BCUT2D eigenvalue weighted by molar-refractivity contribution is 0.00891. The minimum absolute atomic E-state index is 0.165. The van der Waals surface area contributed by atoms with Gasteiger partial charge in [-0.1, -0.05) is 61.0 Å². The van der Waals surface area contributed by atoms with Gasteiger partial charge in [-0.2, -0.15) is 0 Å². The molecule has 10 heteroatoms. The molecule has 1 fully saturated rings. The van der Waals surface area contributed by atoms with Crippen LogP contribution in [-0.2, 0) is 5.60 Å². The number of rotatable bonds is 9. The molecule has 0 radical (unpaired) electrons. The average molecular weight is 615 g/mol. The van der Waals surface area contributed by atoms with E-state index in [4.69, 9.17) is 26.8 Å². The summed E-state index contributed by atoms with van der Waals surface area (Å²) >= 11 is 6.12. The number of benzene rings is 3. The third-order valence-electron chi connectivity index (χ3n) is 8.73. The van der Waals surface area contributed by atoms with Crippen molar-refractivity contribution in [2.75, 3.05) is 13.2 Å². The molecule has 1 unspecified atom stereocenters. The maximum Gasteiger partial charge on any atom is 0.252 e. The average Bonchev–Trinajstić information content (AvgIpc) is 3.27. The van der Waals surface area contributed by atoms with Crippen LogP contribution in [0.4, 0.5) is 8.78 Å². The topological polar surface area (TPSA) is 114 Å². The first-order valence-electron chi connectivity index (χ1n) is 14.5. The van der Waals surface area contributed by atoms with Crippen molar-refractivity contribution >= 4 is 17.5 Å². The van der Waals surface area contributed by atoms with Crippen LogP contribution in [0.15, 0.2) is 48.5 Å². The predicted octanol–water partition coefficient (Wildman–Crippen LogP) is 5.82. The number of nitrogens with two attached hydrogens (primary N) is 1. The molecule has 1 amide bonds. The molecule has 2 aliphatic rings. The normalized spacial score (nSPS) is 25.6. The van der Waals surface area contributed by atoms with E-state index < -0.39 is 57.1 Å². The molecule has 0 saturated heterocycles. The van der Waals surface area contributed by atoms with Gasteiger partial charge in [-0.25, -0.2) is 8.78 Å². The molecule has 0 spiro atoms. The van der Waals surface area contributed by atoms with E-state index in [0.717, 1.165) is 18.4 Å². The highest BCUT2D eigenvalue weighted by molar-refractivity contribution is 6.33. The Kier molecular flexibility index (Phi) is 8.73. The van der Waals surface area contributed by atoms with Crippen molar-refractivity contribution in [3.05, 3.63) is 81.9 Å². The van der Waals surface area contributed by atoms with E-state index in [9.17, 15) is 15.0 Å². The Morgan fingerprint density at radius 3 is 2.47 bits per heavy atom. The first kappa shape index (κ1) is 31.2. The summed E-state index contributed by atoms with van der Waals surface area (Å²) in [5, 5.41) is 23.0. The van der Waals surface area contributed by atoms with Crippen molar-refractivity contribution in [1.82, 2.24) is 5.32 Å². The van der Waals surface area contributed by atoms with Gasteiger partial charge in [0.15, 0.2) is 23.0 Å². The second-order valence-electron chi connectivity index (χ2n) is 12.0. The van der Waals surface area contributed by atoms with Crippen LogP contribution in [0.3, 0.4) is 0 Å². The van der Waals surface area contributed by atoms with E-state index >= 15 is 8.78 Å². The fourth-order valence-corrected chi connectivity index (χ4v) is 6.56. The van der Waals surface area contributed by atoms with Crippen LogP contribution < -0.4 is 20.5 Å². The monoisotopic (exact) mass is 614 g/mol. The van der Waals surface area contributed by atoms with Gasteiger partial charge in [0.25, 0.3) is 5.91 Å². The molecule has 1 aliphatic heterocycles. The van der Waals surface area contributed by atoms with Crippen LogP contribution in [0.25, 0.3) is 11.1 Å². The Labute approximate surface area is 255 Å². The molecule has 0 aromatic heterocycles. The number of carbonyl (C=O) groups is 1. The predicted molar refractivity (Wildman–Crippen MR) is 161 cm³/mol. The molecule has 7 nitrogen and oxygen atoms in total. The number of ether oxygens (including phenoxy) is 2. The number of fused-ring (bicyclic) bond motifs is 1. The largest absolute Gasteiger partial charge is 0.486 e. The summed E-state index contributed by atoms with van der Waals surface area (Å²) in [6.45, 7) is 5.29. The van der Waals surface area contributed by atoms with Crippen molar-refractivity contribution in [3.63, 3.8) is 0 Å². The number of nitrogens with one attached hydrogen (secondary N) is 1. The molecule has 1 heterocycles. The van der Waals surface area contributed by atoms with Crippen LogP contribution in [-0.4, -0.2) is 47.0 Å². The van der Waals surface area contributed by atoms with E-state index in [1.807, 2.05) is 44.2 Å². The SMILES string of the molecule is C[C@H](O)COc1c(F)c(-c2cccc3c2[C@H](C)C(CNC2CCC(C)(O)CC2)(c2ccccc2)O3)c(C(N)=O)c(F)c1Cl. The van der Waals surface area contributed by atoms with Gasteiger partial charge < -0.3 is 30.7 Å². The van der Waals surface area contributed by atoms with E-state index in [-0.39, 0.29) is 23.8 Å². The van der Waals surface area contributed by atoms with Gasteiger partial charge in [-0.3, -0.25) is 4.79 Å². The Balaban J connectivity index is 1.62. The van der Waals surface area contributed by atoms with Gasteiger partial charge in [-0.05, 0) is 56.7 Å². The van der Waals surface area contributed by atoms with Crippen molar-refractivity contribution in [2.24, 2.45) is 5.73 Å². The van der Waals surface area contributed by atoms with Crippen LogP contribution in [0.1, 0.15) is 73.9 Å². The third kappa shape index (κ3) is 5.83. The first-order chi connectivity index (χ1) is 20.4. The molecule has 230 valence electrons. The molecule has 1 aliphatic carbocycles. The van der Waals surface area contributed by atoms with Gasteiger partial charge in [0, 0.05) is 29.6 Å². The molecule has 5 rings (SSSR count). The fourth-order valence-electron chi connectivity index (χ4n) is 6.33. The van der Waals surface area contributed by atoms with Gasteiger partial charge >= 0.3 is 0 Å². The number of aliphatic hydroxyl groups is 2. The number of halogens is 3. The molecule has 3 aromatic carbocycles. The summed E-state index contributed by atoms with van der Waals surface area (Å²) in [4.78, 5) is 12.6. The summed E-state index contributed by atoms with van der Waals surface area (Å²) in [6, 6.07) is 14.8. The zero-order valence-corrected chi connectivity index (χ0v) is 25.2. The van der Waals surface area contributed by atoms with Gasteiger partial charge in [0.1, 0.15) is 17.4 Å². The van der Waals surface area contributed by atoms with Crippen LogP contribution in [0.2, 0.25) is 5.02 Å². The Morgan fingerprint density at radius 2 is 1.84 bits per heavy atom. The van der Waals surface area contributed by atoms with E-state index in [2.05, 4.69) is 5.32 Å². The molecule has 43 heavy (non-hydrogen) atoms.